The molecule has 0 radical (unpaired) electrons. The van der Waals surface area contributed by atoms with Crippen LogP contribution in [0.3, 0.4) is 0 Å². The minimum Gasteiger partial charge on any atom is -0.492 e. The smallest absolute Gasteiger partial charge is 0.119 e. The molecule has 2 rings (SSSR count). The van der Waals surface area contributed by atoms with E-state index in [1.807, 2.05) is 36.4 Å². The van der Waals surface area contributed by atoms with Crippen molar-refractivity contribution in [3.63, 3.8) is 0 Å². The lowest BCUT2D eigenvalue weighted by molar-refractivity contribution is 0.223. The van der Waals surface area contributed by atoms with E-state index in [0.29, 0.717) is 12.2 Å². The first-order valence-corrected chi connectivity index (χ1v) is 8.89. The molecule has 0 aliphatic heterocycles. The molecular weight excluding hydrogens is 310 g/mol. The summed E-state index contributed by atoms with van der Waals surface area (Å²) in [6, 6.07) is 18.1. The van der Waals surface area contributed by atoms with Crippen LogP contribution in [0.25, 0.3) is 0 Å². The Balaban J connectivity index is 1.73. The molecule has 0 amide bonds. The summed E-state index contributed by atoms with van der Waals surface area (Å²) in [7, 11) is 0. The van der Waals surface area contributed by atoms with Gasteiger partial charge >= 0.3 is 0 Å². The number of benzene rings is 2. The highest BCUT2D eigenvalue weighted by atomic mass is 16.5. The van der Waals surface area contributed by atoms with E-state index < -0.39 is 0 Å². The number of ether oxygens (including phenoxy) is 1. The Hall–Kier alpha value is -2.35. The lowest BCUT2D eigenvalue weighted by atomic mass is 10.1. The summed E-state index contributed by atoms with van der Waals surface area (Å²) in [6.45, 7) is 9.66. The molecule has 0 heterocycles. The normalized spacial score (nSPS) is 10.6. The zero-order valence-corrected chi connectivity index (χ0v) is 15.2. The lowest BCUT2D eigenvalue weighted by Gasteiger charge is -2.18. The van der Waals surface area contributed by atoms with Crippen LogP contribution in [0.1, 0.15) is 30.5 Å². The van der Waals surface area contributed by atoms with E-state index in [9.17, 15) is 0 Å². The molecule has 0 spiro atoms. The molecule has 2 aromatic rings. The van der Waals surface area contributed by atoms with Crippen LogP contribution in [0.4, 0.5) is 0 Å². The van der Waals surface area contributed by atoms with Gasteiger partial charge in [-0.25, -0.2) is 0 Å². The maximum atomic E-state index is 8.93. The minimum absolute atomic E-state index is 0.700. The number of likely N-dealkylation sites (N-methyl/N-ethyl adjacent to an activating group) is 1. The van der Waals surface area contributed by atoms with Crippen LogP contribution in [0.2, 0.25) is 0 Å². The first-order chi connectivity index (χ1) is 12.2. The number of rotatable bonds is 10. The van der Waals surface area contributed by atoms with Crippen LogP contribution in [0.5, 0.6) is 5.75 Å². The Morgan fingerprint density at radius 1 is 1.00 bits per heavy atom. The molecule has 0 unspecified atom stereocenters. The Morgan fingerprint density at radius 2 is 1.72 bits per heavy atom. The lowest BCUT2D eigenvalue weighted by Crippen LogP contribution is -2.27. The van der Waals surface area contributed by atoms with Gasteiger partial charge in [-0.2, -0.15) is 5.26 Å². The quantitative estimate of drug-likeness (QED) is 0.720. The van der Waals surface area contributed by atoms with E-state index in [1.54, 1.807) is 0 Å². The van der Waals surface area contributed by atoms with Crippen LogP contribution < -0.4 is 10.1 Å². The zero-order chi connectivity index (χ0) is 17.9. The largest absolute Gasteiger partial charge is 0.492 e. The number of nitriles is 1. The first kappa shape index (κ1) is 19.0. The van der Waals surface area contributed by atoms with Crippen molar-refractivity contribution >= 4 is 0 Å². The molecule has 0 atom stereocenters. The monoisotopic (exact) mass is 337 g/mol. The van der Waals surface area contributed by atoms with Crippen molar-refractivity contribution in [2.75, 3.05) is 26.2 Å². The third-order valence-electron chi connectivity index (χ3n) is 4.21. The highest BCUT2D eigenvalue weighted by molar-refractivity contribution is 5.32. The summed E-state index contributed by atoms with van der Waals surface area (Å²) in [4.78, 5) is 2.35. The van der Waals surface area contributed by atoms with Crippen molar-refractivity contribution in [1.29, 1.82) is 5.26 Å². The van der Waals surface area contributed by atoms with Crippen molar-refractivity contribution in [2.45, 2.75) is 26.9 Å². The van der Waals surface area contributed by atoms with Gasteiger partial charge in [0.15, 0.2) is 0 Å². The Kier molecular flexibility index (Phi) is 7.97. The maximum Gasteiger partial charge on any atom is 0.119 e. The van der Waals surface area contributed by atoms with Crippen molar-refractivity contribution < 1.29 is 4.74 Å². The molecule has 0 bridgehead atoms. The van der Waals surface area contributed by atoms with Gasteiger partial charge in [-0.05, 0) is 48.5 Å². The van der Waals surface area contributed by atoms with Crippen molar-refractivity contribution in [3.8, 4) is 11.8 Å². The molecule has 25 heavy (non-hydrogen) atoms. The molecule has 0 fully saturated rings. The average molecular weight is 337 g/mol. The molecule has 0 aromatic heterocycles. The number of nitrogens with zero attached hydrogens (tertiary/aromatic N) is 2. The molecule has 4 nitrogen and oxygen atoms in total. The Bertz CT molecular complexity index is 672. The predicted octanol–water partition coefficient (Wildman–Crippen LogP) is 3.57. The SMILES string of the molecule is CCN(CC)CCOc1ccc(CNCc2cccc(C#N)c2)cc1. The van der Waals surface area contributed by atoms with E-state index in [4.69, 9.17) is 10.00 Å². The second-order valence-corrected chi connectivity index (χ2v) is 5.94. The van der Waals surface area contributed by atoms with Crippen LogP contribution in [-0.4, -0.2) is 31.1 Å². The average Bonchev–Trinajstić information content (AvgIpc) is 2.66. The summed E-state index contributed by atoms with van der Waals surface area (Å²) >= 11 is 0. The van der Waals surface area contributed by atoms with Crippen LogP contribution in [0, 0.1) is 11.3 Å². The van der Waals surface area contributed by atoms with E-state index >= 15 is 0 Å². The number of hydrogen-bond donors (Lipinski definition) is 1. The van der Waals surface area contributed by atoms with E-state index in [0.717, 1.165) is 44.0 Å². The fraction of sp³-hybridized carbons (Fsp3) is 0.381. The third-order valence-corrected chi connectivity index (χ3v) is 4.21. The summed E-state index contributed by atoms with van der Waals surface area (Å²) in [6.07, 6.45) is 0. The predicted molar refractivity (Wildman–Crippen MR) is 101 cm³/mol. The fourth-order valence-corrected chi connectivity index (χ4v) is 2.64. The highest BCUT2D eigenvalue weighted by Gasteiger charge is 2.00. The minimum atomic E-state index is 0.700. The van der Waals surface area contributed by atoms with Gasteiger partial charge in [-0.3, -0.25) is 0 Å². The van der Waals surface area contributed by atoms with Gasteiger partial charge in [0.25, 0.3) is 0 Å². The summed E-state index contributed by atoms with van der Waals surface area (Å²) < 4.78 is 5.80. The summed E-state index contributed by atoms with van der Waals surface area (Å²) in [5.74, 6) is 0.914. The maximum absolute atomic E-state index is 8.93. The third kappa shape index (κ3) is 6.58. The standard InChI is InChI=1S/C21H27N3O/c1-3-24(4-2)12-13-25-21-10-8-18(9-11-21)16-23-17-20-7-5-6-19(14-20)15-22/h5-11,14,23H,3-4,12-13,16-17H2,1-2H3. The molecule has 0 saturated carbocycles. The van der Waals surface area contributed by atoms with Gasteiger partial charge in [0, 0.05) is 19.6 Å². The second-order valence-electron chi connectivity index (χ2n) is 5.94. The first-order valence-electron chi connectivity index (χ1n) is 8.89. The highest BCUT2D eigenvalue weighted by Crippen LogP contribution is 2.12. The molecule has 0 aliphatic rings. The van der Waals surface area contributed by atoms with E-state index in [-0.39, 0.29) is 0 Å². The van der Waals surface area contributed by atoms with Crippen molar-refractivity contribution in [3.05, 3.63) is 65.2 Å². The zero-order valence-electron chi connectivity index (χ0n) is 15.2. The van der Waals surface area contributed by atoms with E-state index in [2.05, 4.69) is 42.3 Å². The van der Waals surface area contributed by atoms with Gasteiger partial charge in [0.05, 0.1) is 11.6 Å². The molecule has 0 saturated heterocycles. The molecule has 132 valence electrons. The van der Waals surface area contributed by atoms with Gasteiger partial charge in [0.1, 0.15) is 12.4 Å². The van der Waals surface area contributed by atoms with Crippen LogP contribution in [-0.2, 0) is 13.1 Å². The van der Waals surface area contributed by atoms with E-state index in [1.165, 1.54) is 5.56 Å². The molecule has 2 aromatic carbocycles. The number of nitrogens with one attached hydrogen (secondary N) is 1. The van der Waals surface area contributed by atoms with Crippen LogP contribution in [0.15, 0.2) is 48.5 Å². The second kappa shape index (κ2) is 10.5. The summed E-state index contributed by atoms with van der Waals surface area (Å²) in [5.41, 5.74) is 3.04. The Morgan fingerprint density at radius 3 is 2.40 bits per heavy atom. The Labute approximate surface area is 151 Å². The van der Waals surface area contributed by atoms with Gasteiger partial charge < -0.3 is 15.0 Å². The molecule has 4 heteroatoms. The van der Waals surface area contributed by atoms with Crippen LogP contribution >= 0.6 is 0 Å². The van der Waals surface area contributed by atoms with Crippen molar-refractivity contribution in [2.24, 2.45) is 0 Å². The number of hydrogen-bond acceptors (Lipinski definition) is 4. The van der Waals surface area contributed by atoms with Gasteiger partial charge in [0.2, 0.25) is 0 Å². The van der Waals surface area contributed by atoms with Gasteiger partial charge in [-0.15, -0.1) is 0 Å². The van der Waals surface area contributed by atoms with Crippen molar-refractivity contribution in [1.82, 2.24) is 10.2 Å². The molecule has 1 N–H and O–H groups in total. The summed E-state index contributed by atoms with van der Waals surface area (Å²) in [5, 5.41) is 12.3. The fourth-order valence-electron chi connectivity index (χ4n) is 2.64. The molecule has 0 aliphatic carbocycles. The molecular formula is C21H27N3O. The van der Waals surface area contributed by atoms with Gasteiger partial charge in [-0.1, -0.05) is 38.1 Å². The topological polar surface area (TPSA) is 48.3 Å².